The van der Waals surface area contributed by atoms with Crippen molar-refractivity contribution in [3.63, 3.8) is 0 Å². The van der Waals surface area contributed by atoms with E-state index in [0.29, 0.717) is 12.1 Å². The lowest BCUT2D eigenvalue weighted by Gasteiger charge is -2.06. The first-order valence-electron chi connectivity index (χ1n) is 7.55. The SMILES string of the molecule is Cc1ccc(CNC(=O)Cn2nnc3c(C)n(C)nc3c2=O)cc1. The van der Waals surface area contributed by atoms with Gasteiger partial charge in [0, 0.05) is 13.6 Å². The van der Waals surface area contributed by atoms with E-state index >= 15 is 0 Å². The number of rotatable bonds is 4. The quantitative estimate of drug-likeness (QED) is 0.751. The number of hydrogen-bond acceptors (Lipinski definition) is 5. The van der Waals surface area contributed by atoms with Crippen molar-refractivity contribution in [1.82, 2.24) is 30.1 Å². The maximum absolute atomic E-state index is 12.3. The maximum atomic E-state index is 12.3. The number of amides is 1. The van der Waals surface area contributed by atoms with Gasteiger partial charge >= 0.3 is 0 Å². The average molecular weight is 326 g/mol. The molecule has 3 rings (SSSR count). The number of nitrogens with one attached hydrogen (secondary N) is 1. The van der Waals surface area contributed by atoms with E-state index in [0.717, 1.165) is 21.5 Å². The summed E-state index contributed by atoms with van der Waals surface area (Å²) in [5.41, 5.74) is 3.16. The van der Waals surface area contributed by atoms with E-state index in [4.69, 9.17) is 0 Å². The van der Waals surface area contributed by atoms with Crippen LogP contribution in [0.3, 0.4) is 0 Å². The predicted octanol–water partition coefficient (Wildman–Crippen LogP) is 0.458. The van der Waals surface area contributed by atoms with E-state index in [1.165, 1.54) is 0 Å². The number of aromatic nitrogens is 5. The summed E-state index contributed by atoms with van der Waals surface area (Å²) in [5, 5.41) is 14.7. The molecule has 24 heavy (non-hydrogen) atoms. The largest absolute Gasteiger partial charge is 0.350 e. The van der Waals surface area contributed by atoms with Gasteiger partial charge in [0.1, 0.15) is 12.1 Å². The molecule has 0 saturated heterocycles. The molecule has 0 radical (unpaired) electrons. The molecule has 3 aromatic rings. The number of hydrogen-bond donors (Lipinski definition) is 1. The summed E-state index contributed by atoms with van der Waals surface area (Å²) in [6.07, 6.45) is 0. The topological polar surface area (TPSA) is 94.7 Å². The van der Waals surface area contributed by atoms with Crippen molar-refractivity contribution in [2.24, 2.45) is 7.05 Å². The molecule has 0 unspecified atom stereocenters. The Morgan fingerprint density at radius 3 is 2.58 bits per heavy atom. The number of benzene rings is 1. The summed E-state index contributed by atoms with van der Waals surface area (Å²) in [7, 11) is 1.73. The Morgan fingerprint density at radius 2 is 1.88 bits per heavy atom. The fourth-order valence-electron chi connectivity index (χ4n) is 2.32. The minimum Gasteiger partial charge on any atom is -0.350 e. The fourth-order valence-corrected chi connectivity index (χ4v) is 2.32. The van der Waals surface area contributed by atoms with Crippen molar-refractivity contribution in [3.05, 3.63) is 51.4 Å². The van der Waals surface area contributed by atoms with Gasteiger partial charge in [-0.3, -0.25) is 14.3 Å². The number of carbonyl (C=O) groups is 1. The summed E-state index contributed by atoms with van der Waals surface area (Å²) >= 11 is 0. The highest BCUT2D eigenvalue weighted by Gasteiger charge is 2.14. The molecule has 0 saturated carbocycles. The fraction of sp³-hybridized carbons (Fsp3) is 0.312. The lowest BCUT2D eigenvalue weighted by atomic mass is 10.1. The van der Waals surface area contributed by atoms with Gasteiger partial charge in [-0.05, 0) is 19.4 Å². The van der Waals surface area contributed by atoms with Crippen LogP contribution in [0.2, 0.25) is 0 Å². The molecule has 0 atom stereocenters. The van der Waals surface area contributed by atoms with E-state index in [1.54, 1.807) is 11.7 Å². The van der Waals surface area contributed by atoms with Crippen LogP contribution in [0.15, 0.2) is 29.1 Å². The molecular weight excluding hydrogens is 308 g/mol. The lowest BCUT2D eigenvalue weighted by molar-refractivity contribution is -0.122. The van der Waals surface area contributed by atoms with E-state index in [9.17, 15) is 9.59 Å². The molecule has 0 bridgehead atoms. The molecule has 0 fully saturated rings. The minimum absolute atomic E-state index is 0.191. The molecule has 1 aromatic carbocycles. The van der Waals surface area contributed by atoms with Gasteiger partial charge in [-0.25, -0.2) is 0 Å². The summed E-state index contributed by atoms with van der Waals surface area (Å²) in [6, 6.07) is 7.86. The highest BCUT2D eigenvalue weighted by atomic mass is 16.2. The molecule has 2 heterocycles. The Hall–Kier alpha value is -3.03. The van der Waals surface area contributed by atoms with Crippen molar-refractivity contribution in [3.8, 4) is 0 Å². The normalized spacial score (nSPS) is 11.0. The second-order valence-electron chi connectivity index (χ2n) is 5.72. The Kier molecular flexibility index (Phi) is 4.11. The molecule has 1 amide bonds. The van der Waals surface area contributed by atoms with Crippen LogP contribution in [0.5, 0.6) is 0 Å². The van der Waals surface area contributed by atoms with Gasteiger partial charge in [0.15, 0.2) is 5.52 Å². The zero-order valence-corrected chi connectivity index (χ0v) is 13.8. The molecule has 0 aliphatic carbocycles. The summed E-state index contributed by atoms with van der Waals surface area (Å²) in [5.74, 6) is -0.307. The Balaban J connectivity index is 1.72. The third kappa shape index (κ3) is 3.03. The Morgan fingerprint density at radius 1 is 1.17 bits per heavy atom. The van der Waals surface area contributed by atoms with Crippen molar-refractivity contribution in [1.29, 1.82) is 0 Å². The molecule has 0 aliphatic heterocycles. The second-order valence-corrected chi connectivity index (χ2v) is 5.72. The van der Waals surface area contributed by atoms with Gasteiger partial charge < -0.3 is 5.32 Å². The van der Waals surface area contributed by atoms with Crippen LogP contribution >= 0.6 is 0 Å². The second kappa shape index (κ2) is 6.23. The van der Waals surface area contributed by atoms with Crippen LogP contribution in [0.25, 0.3) is 11.0 Å². The zero-order valence-electron chi connectivity index (χ0n) is 13.8. The van der Waals surface area contributed by atoms with Gasteiger partial charge in [0.25, 0.3) is 5.56 Å². The van der Waals surface area contributed by atoms with Crippen molar-refractivity contribution < 1.29 is 4.79 Å². The molecule has 8 nitrogen and oxygen atoms in total. The molecule has 1 N–H and O–H groups in total. The average Bonchev–Trinajstić information content (AvgIpc) is 2.85. The van der Waals surface area contributed by atoms with Crippen LogP contribution in [0.1, 0.15) is 16.8 Å². The molecule has 0 aliphatic rings. The van der Waals surface area contributed by atoms with Crippen molar-refractivity contribution >= 4 is 16.9 Å². The van der Waals surface area contributed by atoms with Crippen LogP contribution < -0.4 is 10.9 Å². The third-order valence-electron chi connectivity index (χ3n) is 3.90. The summed E-state index contributed by atoms with van der Waals surface area (Å²) < 4.78 is 2.60. The van der Waals surface area contributed by atoms with E-state index in [1.807, 2.05) is 38.1 Å². The van der Waals surface area contributed by atoms with Crippen molar-refractivity contribution in [2.75, 3.05) is 0 Å². The Labute approximate surface area is 138 Å². The molecule has 8 heteroatoms. The molecule has 2 aromatic heterocycles. The molecule has 124 valence electrons. The third-order valence-corrected chi connectivity index (χ3v) is 3.90. The van der Waals surface area contributed by atoms with Gasteiger partial charge in [-0.15, -0.1) is 5.10 Å². The zero-order chi connectivity index (χ0) is 17.3. The van der Waals surface area contributed by atoms with E-state index < -0.39 is 5.56 Å². The van der Waals surface area contributed by atoms with Crippen LogP contribution in [0.4, 0.5) is 0 Å². The highest BCUT2D eigenvalue weighted by Crippen LogP contribution is 2.08. The van der Waals surface area contributed by atoms with Crippen molar-refractivity contribution in [2.45, 2.75) is 26.9 Å². The van der Waals surface area contributed by atoms with Crippen LogP contribution in [-0.2, 0) is 24.9 Å². The standard InChI is InChI=1S/C16H18N6O2/c1-10-4-6-12(7-5-10)8-17-13(23)9-22-16(24)15-14(18-20-22)11(2)21(3)19-15/h4-7H,8-9H2,1-3H3,(H,17,23). The number of nitrogens with zero attached hydrogens (tertiary/aromatic N) is 5. The first-order valence-corrected chi connectivity index (χ1v) is 7.55. The van der Waals surface area contributed by atoms with Crippen LogP contribution in [0, 0.1) is 13.8 Å². The monoisotopic (exact) mass is 326 g/mol. The minimum atomic E-state index is -0.422. The highest BCUT2D eigenvalue weighted by molar-refractivity contribution is 5.77. The first-order chi connectivity index (χ1) is 11.5. The number of fused-ring (bicyclic) bond motifs is 1. The smallest absolute Gasteiger partial charge is 0.298 e. The predicted molar refractivity (Wildman–Crippen MR) is 88.3 cm³/mol. The van der Waals surface area contributed by atoms with Gasteiger partial charge in [0.05, 0.1) is 5.69 Å². The Bertz CT molecular complexity index is 955. The molecule has 0 spiro atoms. The molecular formula is C16H18N6O2. The number of aryl methyl sites for hydroxylation is 3. The van der Waals surface area contributed by atoms with E-state index in [-0.39, 0.29) is 18.0 Å². The summed E-state index contributed by atoms with van der Waals surface area (Å²) in [4.78, 5) is 24.4. The van der Waals surface area contributed by atoms with Gasteiger partial charge in [-0.2, -0.15) is 9.78 Å². The van der Waals surface area contributed by atoms with Gasteiger partial charge in [0.2, 0.25) is 5.91 Å². The maximum Gasteiger partial charge on any atom is 0.298 e. The van der Waals surface area contributed by atoms with Gasteiger partial charge in [-0.1, -0.05) is 35.0 Å². The van der Waals surface area contributed by atoms with E-state index in [2.05, 4.69) is 20.7 Å². The summed E-state index contributed by atoms with van der Waals surface area (Å²) in [6.45, 7) is 4.01. The number of carbonyl (C=O) groups excluding carboxylic acids is 1. The van der Waals surface area contributed by atoms with Crippen LogP contribution in [-0.4, -0.2) is 30.7 Å². The first kappa shape index (κ1) is 15.9. The lowest BCUT2D eigenvalue weighted by Crippen LogP contribution is -2.34.